The zero-order valence-corrected chi connectivity index (χ0v) is 21.9. The number of hydrogen-bond donors (Lipinski definition) is 3. The third-order valence-corrected chi connectivity index (χ3v) is 8.86. The van der Waals surface area contributed by atoms with Gasteiger partial charge in [-0.05, 0) is 50.7 Å². The van der Waals surface area contributed by atoms with Crippen molar-refractivity contribution in [1.82, 2.24) is 20.2 Å². The highest BCUT2D eigenvalue weighted by atomic mass is 16.5. The molecule has 0 spiro atoms. The maximum atomic E-state index is 10.5. The molecule has 7 rings (SSSR count). The van der Waals surface area contributed by atoms with E-state index in [1.54, 1.807) is 0 Å². The van der Waals surface area contributed by atoms with Gasteiger partial charge in [-0.15, -0.1) is 0 Å². The molecule has 0 unspecified atom stereocenters. The first-order valence-corrected chi connectivity index (χ1v) is 13.9. The van der Waals surface area contributed by atoms with E-state index in [1.807, 2.05) is 30.3 Å². The predicted molar refractivity (Wildman–Crippen MR) is 147 cm³/mol. The highest BCUT2D eigenvalue weighted by molar-refractivity contribution is 5.95. The number of aliphatic hydroxyl groups is 1. The average Bonchev–Trinajstić information content (AvgIpc) is 3.45. The van der Waals surface area contributed by atoms with Crippen LogP contribution in [0.4, 0.5) is 11.5 Å². The van der Waals surface area contributed by atoms with Crippen molar-refractivity contribution in [3.8, 4) is 11.8 Å². The van der Waals surface area contributed by atoms with E-state index >= 15 is 0 Å². The molecule has 9 heteroatoms. The Bertz CT molecular complexity index is 1350. The fourth-order valence-corrected chi connectivity index (χ4v) is 6.81. The molecule has 4 atom stereocenters. The van der Waals surface area contributed by atoms with Crippen molar-refractivity contribution in [3.63, 3.8) is 0 Å². The number of aromatic hydroxyl groups is 1. The van der Waals surface area contributed by atoms with Gasteiger partial charge in [0.2, 0.25) is 0 Å². The molecule has 0 amide bonds. The Labute approximate surface area is 223 Å². The third-order valence-electron chi connectivity index (χ3n) is 8.86. The Kier molecular flexibility index (Phi) is 6.02. The summed E-state index contributed by atoms with van der Waals surface area (Å²) in [6.45, 7) is 4.67. The van der Waals surface area contributed by atoms with Crippen LogP contribution in [0.1, 0.15) is 30.5 Å². The Morgan fingerprint density at radius 3 is 2.84 bits per heavy atom. The SMILES string of the molecule is CN1CCC[C@H]1COc1nc2c(c(N3C[C@@H]4C[C@H](O)[C@H](C3)N4)n1)CCN(c1cc(O)cc3ccccc13)C2. The number of likely N-dealkylation sites (N-methyl/N-ethyl adjacent to an activating group) is 1. The van der Waals surface area contributed by atoms with Gasteiger partial charge in [-0.25, -0.2) is 0 Å². The molecule has 2 aromatic carbocycles. The maximum Gasteiger partial charge on any atom is 0.318 e. The molecule has 9 nitrogen and oxygen atoms in total. The number of aliphatic hydroxyl groups excluding tert-OH is 1. The molecule has 3 aromatic rings. The molecule has 4 aliphatic heterocycles. The summed E-state index contributed by atoms with van der Waals surface area (Å²) >= 11 is 0. The molecule has 4 aliphatic rings. The summed E-state index contributed by atoms with van der Waals surface area (Å²) in [5, 5.41) is 26.6. The first kappa shape index (κ1) is 23.9. The van der Waals surface area contributed by atoms with Crippen molar-refractivity contribution in [2.75, 3.05) is 49.6 Å². The first-order valence-electron chi connectivity index (χ1n) is 13.9. The van der Waals surface area contributed by atoms with Gasteiger partial charge in [0, 0.05) is 54.4 Å². The molecule has 200 valence electrons. The molecule has 5 heterocycles. The first-order chi connectivity index (χ1) is 18.5. The Balaban J connectivity index is 1.23. The van der Waals surface area contributed by atoms with Crippen LogP contribution in [0.5, 0.6) is 11.8 Å². The van der Waals surface area contributed by atoms with E-state index in [-0.39, 0.29) is 23.9 Å². The van der Waals surface area contributed by atoms with Crippen LogP contribution < -0.4 is 19.9 Å². The summed E-state index contributed by atoms with van der Waals surface area (Å²) < 4.78 is 6.26. The predicted octanol–water partition coefficient (Wildman–Crippen LogP) is 2.28. The van der Waals surface area contributed by atoms with E-state index in [1.165, 1.54) is 12.0 Å². The number of benzene rings is 2. The third kappa shape index (κ3) is 4.32. The quantitative estimate of drug-likeness (QED) is 0.472. The number of hydrogen-bond acceptors (Lipinski definition) is 9. The Hall–Kier alpha value is -3.14. The van der Waals surface area contributed by atoms with Crippen LogP contribution in [0.25, 0.3) is 10.8 Å². The molecule has 0 aliphatic carbocycles. The minimum atomic E-state index is -0.314. The van der Waals surface area contributed by atoms with Crippen molar-refractivity contribution in [2.45, 2.75) is 56.5 Å². The van der Waals surface area contributed by atoms with Gasteiger partial charge in [0.1, 0.15) is 18.2 Å². The fourth-order valence-electron chi connectivity index (χ4n) is 6.81. The number of nitrogens with zero attached hydrogens (tertiary/aromatic N) is 5. The second-order valence-corrected chi connectivity index (χ2v) is 11.4. The lowest BCUT2D eigenvalue weighted by atomic mass is 10.0. The lowest BCUT2D eigenvalue weighted by Gasteiger charge is -2.37. The lowest BCUT2D eigenvalue weighted by molar-refractivity contribution is 0.162. The van der Waals surface area contributed by atoms with Crippen LogP contribution in [0.3, 0.4) is 0 Å². The molecule has 2 bridgehead atoms. The minimum Gasteiger partial charge on any atom is -0.508 e. The number of fused-ring (bicyclic) bond motifs is 4. The molecular formula is C29H36N6O3. The molecule has 3 N–H and O–H groups in total. The fraction of sp³-hybridized carbons (Fsp3) is 0.517. The van der Waals surface area contributed by atoms with Gasteiger partial charge in [-0.2, -0.15) is 9.97 Å². The molecule has 1 aromatic heterocycles. The zero-order chi connectivity index (χ0) is 25.8. The molecule has 3 saturated heterocycles. The molecule has 38 heavy (non-hydrogen) atoms. The van der Waals surface area contributed by atoms with Crippen LogP contribution >= 0.6 is 0 Å². The van der Waals surface area contributed by atoms with Crippen molar-refractivity contribution in [3.05, 3.63) is 47.7 Å². The van der Waals surface area contributed by atoms with E-state index in [9.17, 15) is 10.2 Å². The van der Waals surface area contributed by atoms with Crippen molar-refractivity contribution < 1.29 is 14.9 Å². The smallest absolute Gasteiger partial charge is 0.318 e. The number of rotatable bonds is 5. The number of piperazine rings is 1. The number of aromatic nitrogens is 2. The lowest BCUT2D eigenvalue weighted by Crippen LogP contribution is -2.53. The minimum absolute atomic E-state index is 0.0645. The second-order valence-electron chi connectivity index (χ2n) is 11.4. The van der Waals surface area contributed by atoms with Gasteiger partial charge in [0.15, 0.2) is 0 Å². The van der Waals surface area contributed by atoms with Crippen LogP contribution in [-0.2, 0) is 13.0 Å². The molecule has 3 fully saturated rings. The zero-order valence-electron chi connectivity index (χ0n) is 21.9. The molecular weight excluding hydrogens is 480 g/mol. The van der Waals surface area contributed by atoms with E-state index in [4.69, 9.17) is 14.7 Å². The van der Waals surface area contributed by atoms with Gasteiger partial charge in [-0.1, -0.05) is 24.3 Å². The summed E-state index contributed by atoms with van der Waals surface area (Å²) in [4.78, 5) is 16.9. The number of likely N-dealkylation sites (tertiary alicyclic amines) is 1. The monoisotopic (exact) mass is 516 g/mol. The highest BCUT2D eigenvalue weighted by Crippen LogP contribution is 2.37. The summed E-state index contributed by atoms with van der Waals surface area (Å²) in [7, 11) is 2.15. The maximum absolute atomic E-state index is 10.5. The Morgan fingerprint density at radius 2 is 2.00 bits per heavy atom. The van der Waals surface area contributed by atoms with Crippen molar-refractivity contribution >= 4 is 22.3 Å². The van der Waals surface area contributed by atoms with Crippen LogP contribution in [0.2, 0.25) is 0 Å². The van der Waals surface area contributed by atoms with Gasteiger partial charge in [0.05, 0.1) is 24.4 Å². The number of nitrogens with one attached hydrogen (secondary N) is 1. The summed E-state index contributed by atoms with van der Waals surface area (Å²) in [5.41, 5.74) is 3.17. The molecule has 0 radical (unpaired) electrons. The van der Waals surface area contributed by atoms with Gasteiger partial charge < -0.3 is 35.0 Å². The number of anilines is 2. The second kappa shape index (κ2) is 9.55. The normalized spacial score (nSPS) is 27.2. The van der Waals surface area contributed by atoms with Gasteiger partial charge >= 0.3 is 6.01 Å². The largest absolute Gasteiger partial charge is 0.508 e. The Morgan fingerprint density at radius 1 is 1.11 bits per heavy atom. The van der Waals surface area contributed by atoms with Crippen LogP contribution in [0, 0.1) is 0 Å². The number of phenolic OH excluding ortho intramolecular Hbond substituents is 1. The van der Waals surface area contributed by atoms with Crippen LogP contribution in [0.15, 0.2) is 36.4 Å². The average molecular weight is 517 g/mol. The van der Waals surface area contributed by atoms with E-state index in [0.717, 1.165) is 73.4 Å². The van der Waals surface area contributed by atoms with Crippen molar-refractivity contribution in [1.29, 1.82) is 0 Å². The molecule has 0 saturated carbocycles. The van der Waals surface area contributed by atoms with E-state index in [2.05, 4.69) is 33.1 Å². The number of ether oxygens (including phenoxy) is 1. The summed E-state index contributed by atoms with van der Waals surface area (Å²) in [6, 6.07) is 13.0. The van der Waals surface area contributed by atoms with Crippen molar-refractivity contribution in [2.24, 2.45) is 0 Å². The topological polar surface area (TPSA) is 97.2 Å². The van der Waals surface area contributed by atoms with E-state index in [0.29, 0.717) is 25.2 Å². The highest BCUT2D eigenvalue weighted by Gasteiger charge is 2.40. The van der Waals surface area contributed by atoms with E-state index < -0.39 is 0 Å². The number of phenols is 1. The van der Waals surface area contributed by atoms with Crippen LogP contribution in [-0.4, -0.2) is 89.1 Å². The summed E-state index contributed by atoms with van der Waals surface area (Å²) in [6.07, 6.45) is 3.60. The summed E-state index contributed by atoms with van der Waals surface area (Å²) in [5.74, 6) is 1.23. The standard InChI is InChI=1S/C29H36N6O3/c1-33-9-4-6-20(33)17-38-29-31-24-15-34(26-13-21(36)11-18-5-2-3-7-22(18)26)10-8-23(24)28(32-29)35-14-19-12-27(37)25(16-35)30-19/h2-3,5,7,11,13,19-20,25,27,30,36-37H,4,6,8-10,12,14-17H2,1H3/t19-,20-,25-,27-/m0/s1. The van der Waals surface area contributed by atoms with Gasteiger partial charge in [-0.3, -0.25) is 0 Å². The van der Waals surface area contributed by atoms with Gasteiger partial charge in [0.25, 0.3) is 0 Å².